The summed E-state index contributed by atoms with van der Waals surface area (Å²) >= 11 is 1.47. The van der Waals surface area contributed by atoms with Crippen molar-refractivity contribution in [2.75, 3.05) is 5.73 Å². The van der Waals surface area contributed by atoms with Gasteiger partial charge in [-0.2, -0.15) is 0 Å². The second-order valence-corrected chi connectivity index (χ2v) is 3.67. The third-order valence-corrected chi connectivity index (χ3v) is 2.55. The molecule has 0 saturated carbocycles. The third-order valence-electron chi connectivity index (χ3n) is 1.83. The Morgan fingerprint density at radius 3 is 3.00 bits per heavy atom. The molecule has 2 N–H and O–H groups in total. The van der Waals surface area contributed by atoms with Crippen molar-refractivity contribution in [2.45, 2.75) is 13.5 Å². The smallest absolute Gasteiger partial charge is 0.180 e. The molecule has 0 fully saturated rings. The van der Waals surface area contributed by atoms with Gasteiger partial charge in [-0.25, -0.2) is 9.97 Å². The van der Waals surface area contributed by atoms with Crippen LogP contribution >= 0.6 is 11.3 Å². The summed E-state index contributed by atoms with van der Waals surface area (Å²) in [5.74, 6) is 0.992. The summed E-state index contributed by atoms with van der Waals surface area (Å²) in [7, 11) is 0. The highest BCUT2D eigenvalue weighted by Gasteiger charge is 2.01. The van der Waals surface area contributed by atoms with E-state index in [2.05, 4.69) is 9.97 Å². The number of rotatable bonds is 2. The van der Waals surface area contributed by atoms with Crippen LogP contribution in [0.5, 0.6) is 0 Å². The molecule has 0 radical (unpaired) electrons. The van der Waals surface area contributed by atoms with Gasteiger partial charge in [-0.05, 0) is 6.92 Å². The summed E-state index contributed by atoms with van der Waals surface area (Å²) < 4.78 is 2.04. The first-order valence-corrected chi connectivity index (χ1v) is 4.81. The molecular weight excluding hydrogens is 184 g/mol. The lowest BCUT2D eigenvalue weighted by Gasteiger charge is -2.00. The monoisotopic (exact) mass is 194 g/mol. The lowest BCUT2D eigenvalue weighted by molar-refractivity contribution is 0.747. The van der Waals surface area contributed by atoms with Crippen LogP contribution in [0.1, 0.15) is 11.5 Å². The lowest BCUT2D eigenvalue weighted by Crippen LogP contribution is -2.01. The summed E-state index contributed by atoms with van der Waals surface area (Å²) in [5.41, 5.74) is 6.52. The zero-order valence-corrected chi connectivity index (χ0v) is 8.08. The molecule has 0 atom stereocenters. The van der Waals surface area contributed by atoms with Crippen molar-refractivity contribution in [1.82, 2.24) is 14.5 Å². The average molecular weight is 194 g/mol. The van der Waals surface area contributed by atoms with Gasteiger partial charge < -0.3 is 10.3 Å². The van der Waals surface area contributed by atoms with Crippen LogP contribution in [0.2, 0.25) is 0 Å². The lowest BCUT2D eigenvalue weighted by atomic mass is 10.5. The number of imidazole rings is 1. The summed E-state index contributed by atoms with van der Waals surface area (Å²) in [6.45, 7) is 2.72. The van der Waals surface area contributed by atoms with Gasteiger partial charge in [-0.3, -0.25) is 0 Å². The van der Waals surface area contributed by atoms with E-state index in [1.165, 1.54) is 11.3 Å². The van der Waals surface area contributed by atoms with Crippen LogP contribution in [-0.2, 0) is 6.54 Å². The number of nitrogens with zero attached hydrogens (tertiary/aromatic N) is 3. The summed E-state index contributed by atoms with van der Waals surface area (Å²) in [5, 5.41) is 2.59. The van der Waals surface area contributed by atoms with Gasteiger partial charge in [0.25, 0.3) is 0 Å². The van der Waals surface area contributed by atoms with Crippen molar-refractivity contribution in [1.29, 1.82) is 0 Å². The summed E-state index contributed by atoms with van der Waals surface area (Å²) in [6, 6.07) is 0. The first kappa shape index (κ1) is 8.25. The topological polar surface area (TPSA) is 56.7 Å². The average Bonchev–Trinajstić information content (AvgIpc) is 2.64. The maximum Gasteiger partial charge on any atom is 0.180 e. The van der Waals surface area contributed by atoms with Crippen LogP contribution in [-0.4, -0.2) is 14.5 Å². The second kappa shape index (κ2) is 3.18. The summed E-state index contributed by atoms with van der Waals surface area (Å²) in [4.78, 5) is 8.30. The number of nitrogen functional groups attached to an aromatic ring is 1. The molecular formula is C8H10N4S. The minimum atomic E-state index is 0.618. The van der Waals surface area contributed by atoms with Gasteiger partial charge in [-0.15, -0.1) is 11.3 Å². The van der Waals surface area contributed by atoms with E-state index in [-0.39, 0.29) is 0 Å². The number of hydrogen-bond donors (Lipinski definition) is 1. The minimum absolute atomic E-state index is 0.618. The minimum Gasteiger partial charge on any atom is -0.375 e. The molecule has 13 heavy (non-hydrogen) atoms. The number of hydrogen-bond acceptors (Lipinski definition) is 4. The largest absolute Gasteiger partial charge is 0.375 e. The molecule has 2 aromatic heterocycles. The van der Waals surface area contributed by atoms with Gasteiger partial charge in [-0.1, -0.05) is 0 Å². The van der Waals surface area contributed by atoms with Crippen molar-refractivity contribution >= 4 is 16.5 Å². The van der Waals surface area contributed by atoms with E-state index >= 15 is 0 Å². The Bertz CT molecular complexity index is 404. The van der Waals surface area contributed by atoms with Crippen molar-refractivity contribution in [3.8, 4) is 0 Å². The Labute approximate surface area is 80.1 Å². The molecule has 0 amide bonds. The molecule has 0 unspecified atom stereocenters. The molecule has 4 nitrogen and oxygen atoms in total. The maximum absolute atomic E-state index is 5.53. The number of nitrogens with two attached hydrogens (primary N) is 1. The molecule has 0 aliphatic carbocycles. The standard InChI is InChI=1S/C8H10N4S/c1-6-10-2-3-12(6)4-7-5-13-8(9)11-7/h2-3,5H,4H2,1H3,(H2,9,11). The van der Waals surface area contributed by atoms with Crippen molar-refractivity contribution in [3.63, 3.8) is 0 Å². The van der Waals surface area contributed by atoms with Gasteiger partial charge in [0, 0.05) is 17.8 Å². The van der Waals surface area contributed by atoms with Crippen LogP contribution in [0.15, 0.2) is 17.8 Å². The van der Waals surface area contributed by atoms with E-state index in [0.29, 0.717) is 5.13 Å². The van der Waals surface area contributed by atoms with Gasteiger partial charge in [0.05, 0.1) is 12.2 Å². The fourth-order valence-corrected chi connectivity index (χ4v) is 1.69. The van der Waals surface area contributed by atoms with Gasteiger partial charge in [0.15, 0.2) is 5.13 Å². The Morgan fingerprint density at radius 1 is 1.62 bits per heavy atom. The fourth-order valence-electron chi connectivity index (χ4n) is 1.14. The molecule has 2 heterocycles. The van der Waals surface area contributed by atoms with Crippen LogP contribution in [0.3, 0.4) is 0 Å². The quantitative estimate of drug-likeness (QED) is 0.783. The van der Waals surface area contributed by atoms with E-state index in [1.54, 1.807) is 6.20 Å². The highest BCUT2D eigenvalue weighted by Crippen LogP contribution is 2.12. The van der Waals surface area contributed by atoms with E-state index in [4.69, 9.17) is 5.73 Å². The molecule has 2 aromatic rings. The maximum atomic E-state index is 5.53. The molecule has 0 spiro atoms. The first-order chi connectivity index (χ1) is 6.25. The number of aromatic nitrogens is 3. The van der Waals surface area contributed by atoms with Crippen molar-refractivity contribution in [3.05, 3.63) is 29.3 Å². The third kappa shape index (κ3) is 1.70. The SMILES string of the molecule is Cc1nccn1Cc1csc(N)n1. The summed E-state index contributed by atoms with van der Waals surface area (Å²) in [6.07, 6.45) is 3.72. The molecule has 0 saturated heterocycles. The van der Waals surface area contributed by atoms with Gasteiger partial charge in [0.1, 0.15) is 5.82 Å². The molecule has 5 heteroatoms. The number of aryl methyl sites for hydroxylation is 1. The van der Waals surface area contributed by atoms with E-state index in [0.717, 1.165) is 18.1 Å². The van der Waals surface area contributed by atoms with E-state index in [9.17, 15) is 0 Å². The Kier molecular flexibility index (Phi) is 2.02. The van der Waals surface area contributed by atoms with Crippen LogP contribution in [0.4, 0.5) is 5.13 Å². The molecule has 0 aromatic carbocycles. The zero-order chi connectivity index (χ0) is 9.26. The van der Waals surface area contributed by atoms with E-state index < -0.39 is 0 Å². The van der Waals surface area contributed by atoms with E-state index in [1.807, 2.05) is 23.1 Å². The first-order valence-electron chi connectivity index (χ1n) is 3.93. The Balaban J connectivity index is 2.19. The van der Waals surface area contributed by atoms with Crippen LogP contribution in [0.25, 0.3) is 0 Å². The van der Waals surface area contributed by atoms with Gasteiger partial charge in [0.2, 0.25) is 0 Å². The zero-order valence-electron chi connectivity index (χ0n) is 7.27. The number of thiazole rings is 1. The highest BCUT2D eigenvalue weighted by atomic mass is 32.1. The fraction of sp³-hybridized carbons (Fsp3) is 0.250. The molecule has 2 rings (SSSR count). The molecule has 68 valence electrons. The molecule has 0 aliphatic heterocycles. The Hall–Kier alpha value is -1.36. The molecule has 0 bridgehead atoms. The normalized spacial score (nSPS) is 10.5. The highest BCUT2D eigenvalue weighted by molar-refractivity contribution is 7.13. The van der Waals surface area contributed by atoms with Crippen LogP contribution in [0, 0.1) is 6.92 Å². The van der Waals surface area contributed by atoms with Crippen molar-refractivity contribution < 1.29 is 0 Å². The number of anilines is 1. The predicted octanol–water partition coefficient (Wildman–Crippen LogP) is 1.28. The Morgan fingerprint density at radius 2 is 2.46 bits per heavy atom. The predicted molar refractivity (Wildman–Crippen MR) is 52.6 cm³/mol. The van der Waals surface area contributed by atoms with Crippen LogP contribution < -0.4 is 5.73 Å². The second-order valence-electron chi connectivity index (χ2n) is 2.78. The van der Waals surface area contributed by atoms with Crippen molar-refractivity contribution in [2.24, 2.45) is 0 Å². The van der Waals surface area contributed by atoms with Gasteiger partial charge >= 0.3 is 0 Å². The molecule has 0 aliphatic rings.